The van der Waals surface area contributed by atoms with E-state index in [-0.39, 0.29) is 39.6 Å². The molecule has 0 amide bonds. The molecule has 4 N–H and O–H groups in total. The largest absolute Gasteiger partial charge is 0.394 e. The van der Waals surface area contributed by atoms with Crippen LogP contribution in [0.4, 0.5) is 0 Å². The molecule has 0 bridgehead atoms. The fraction of sp³-hybridized carbons (Fsp3) is 0.933. The summed E-state index contributed by atoms with van der Waals surface area (Å²) in [6.45, 7) is 12.0. The average molecular weight is 533 g/mol. The third-order valence-corrected chi connectivity index (χ3v) is 6.66. The van der Waals surface area contributed by atoms with E-state index in [2.05, 4.69) is 40.7 Å². The first-order valence-electron chi connectivity index (χ1n) is 14.7. The summed E-state index contributed by atoms with van der Waals surface area (Å²) in [4.78, 5) is 0. The lowest BCUT2D eigenvalue weighted by Crippen LogP contribution is -2.29. The van der Waals surface area contributed by atoms with Crippen molar-refractivity contribution in [1.82, 2.24) is 0 Å². The van der Waals surface area contributed by atoms with E-state index >= 15 is 0 Å². The molecule has 7 nitrogen and oxygen atoms in total. The fourth-order valence-corrected chi connectivity index (χ4v) is 4.25. The Morgan fingerprint density at radius 2 is 1.11 bits per heavy atom. The maximum atomic E-state index is 9.93. The highest BCUT2D eigenvalue weighted by molar-refractivity contribution is 4.97. The first-order chi connectivity index (χ1) is 17.6. The summed E-state index contributed by atoms with van der Waals surface area (Å²) >= 11 is 0. The Morgan fingerprint density at radius 1 is 0.649 bits per heavy atom. The quantitative estimate of drug-likeness (QED) is 0.0928. The number of hydrogen-bond acceptors (Lipinski definition) is 7. The van der Waals surface area contributed by atoms with E-state index in [4.69, 9.17) is 24.4 Å². The zero-order chi connectivity index (χ0) is 27.9. The van der Waals surface area contributed by atoms with Gasteiger partial charge in [0.05, 0.1) is 46.2 Å². The molecule has 5 atom stereocenters. The molecule has 0 heterocycles. The molecule has 5 unspecified atom stereocenters. The Kier molecular flexibility index (Phi) is 24.1. The lowest BCUT2D eigenvalue weighted by atomic mass is 9.91. The van der Waals surface area contributed by atoms with Crippen molar-refractivity contribution in [3.63, 3.8) is 0 Å². The zero-order valence-electron chi connectivity index (χ0n) is 24.6. The second kappa shape index (κ2) is 24.5. The number of hydrogen-bond donors (Lipinski definition) is 4. The van der Waals surface area contributed by atoms with Gasteiger partial charge in [-0.1, -0.05) is 84.3 Å². The van der Waals surface area contributed by atoms with Crippen molar-refractivity contribution in [2.75, 3.05) is 46.2 Å². The number of aliphatic hydroxyl groups excluding tert-OH is 4. The van der Waals surface area contributed by atoms with Gasteiger partial charge in [0.1, 0.15) is 18.3 Å². The molecule has 0 saturated carbocycles. The smallest absolute Gasteiger partial charge is 0.101 e. The summed E-state index contributed by atoms with van der Waals surface area (Å²) in [6, 6.07) is 0. The highest BCUT2D eigenvalue weighted by Gasteiger charge is 2.10. The van der Waals surface area contributed by atoms with Crippen LogP contribution in [0.25, 0.3) is 0 Å². The van der Waals surface area contributed by atoms with Crippen LogP contribution in [0, 0.1) is 17.8 Å². The van der Waals surface area contributed by atoms with Gasteiger partial charge in [-0.2, -0.15) is 0 Å². The van der Waals surface area contributed by atoms with Crippen LogP contribution in [0.1, 0.15) is 98.8 Å². The van der Waals surface area contributed by atoms with Crippen LogP contribution < -0.4 is 0 Å². The molecule has 222 valence electrons. The predicted octanol–water partition coefficient (Wildman–Crippen LogP) is 4.89. The summed E-state index contributed by atoms with van der Waals surface area (Å²) in [7, 11) is 0. The van der Waals surface area contributed by atoms with Gasteiger partial charge in [0.2, 0.25) is 0 Å². The topological polar surface area (TPSA) is 109 Å². The van der Waals surface area contributed by atoms with E-state index in [0.717, 1.165) is 30.6 Å². The monoisotopic (exact) mass is 532 g/mol. The first-order valence-corrected chi connectivity index (χ1v) is 14.7. The fourth-order valence-electron chi connectivity index (χ4n) is 4.25. The van der Waals surface area contributed by atoms with E-state index < -0.39 is 18.3 Å². The third-order valence-electron chi connectivity index (χ3n) is 6.66. The van der Waals surface area contributed by atoms with E-state index in [9.17, 15) is 10.2 Å². The summed E-state index contributed by atoms with van der Waals surface area (Å²) in [5.41, 5.74) is 1.40. The third kappa shape index (κ3) is 25.5. The van der Waals surface area contributed by atoms with Crippen LogP contribution in [0.15, 0.2) is 11.6 Å². The Balaban J connectivity index is 3.67. The van der Waals surface area contributed by atoms with Gasteiger partial charge in [-0.05, 0) is 43.9 Å². The van der Waals surface area contributed by atoms with Crippen molar-refractivity contribution >= 4 is 0 Å². The molecule has 0 aromatic heterocycles. The molecule has 0 aliphatic heterocycles. The number of aliphatic hydroxyl groups is 4. The molecule has 0 aromatic carbocycles. The number of rotatable bonds is 26. The van der Waals surface area contributed by atoms with Crippen molar-refractivity contribution in [3.05, 3.63) is 11.6 Å². The minimum Gasteiger partial charge on any atom is -0.394 e. The SMILES string of the molecule is CC(=CCCOCC(O)COCC(O)COCC(O)CO)CCCC(C)CCCC(C)CCCC(C)C. The molecular formula is C30H60O7. The van der Waals surface area contributed by atoms with Gasteiger partial charge in [-0.25, -0.2) is 0 Å². The zero-order valence-corrected chi connectivity index (χ0v) is 24.6. The van der Waals surface area contributed by atoms with Crippen LogP contribution in [0.5, 0.6) is 0 Å². The van der Waals surface area contributed by atoms with Crippen molar-refractivity contribution in [2.24, 2.45) is 17.8 Å². The maximum absolute atomic E-state index is 9.93. The normalized spacial score (nSPS) is 16.6. The standard InChI is InChI=1S/C30H60O7/c1-24(2)10-6-11-25(3)12-7-13-26(4)14-8-15-27(5)16-9-17-35-20-29(33)21-37-23-30(34)22-36-19-28(32)18-31/h16,24-26,28-34H,6-15,17-23H2,1-5H3. The molecule has 7 heteroatoms. The minimum absolute atomic E-state index is 0.00773. The summed E-state index contributed by atoms with van der Waals surface area (Å²) in [5.74, 6) is 2.50. The Hall–Kier alpha value is -0.540. The van der Waals surface area contributed by atoms with Crippen molar-refractivity contribution < 1.29 is 34.6 Å². The average Bonchev–Trinajstić information content (AvgIpc) is 2.83. The molecule has 0 spiro atoms. The van der Waals surface area contributed by atoms with Gasteiger partial charge in [0.15, 0.2) is 0 Å². The van der Waals surface area contributed by atoms with E-state index in [1.165, 1.54) is 56.9 Å². The lowest BCUT2D eigenvalue weighted by Gasteiger charge is -2.15. The summed E-state index contributed by atoms with van der Waals surface area (Å²) < 4.78 is 15.9. The first kappa shape index (κ1) is 36.5. The van der Waals surface area contributed by atoms with Gasteiger partial charge in [-0.3, -0.25) is 0 Å². The van der Waals surface area contributed by atoms with Gasteiger partial charge < -0.3 is 34.6 Å². The van der Waals surface area contributed by atoms with Gasteiger partial charge in [0.25, 0.3) is 0 Å². The molecule has 0 aliphatic rings. The van der Waals surface area contributed by atoms with Crippen LogP contribution >= 0.6 is 0 Å². The van der Waals surface area contributed by atoms with Gasteiger partial charge in [-0.15, -0.1) is 0 Å². The van der Waals surface area contributed by atoms with Crippen LogP contribution in [0.3, 0.4) is 0 Å². The molecule has 0 rings (SSSR count). The summed E-state index contributed by atoms with van der Waals surface area (Å²) in [6.07, 6.45) is 12.4. The van der Waals surface area contributed by atoms with Crippen LogP contribution in [0.2, 0.25) is 0 Å². The van der Waals surface area contributed by atoms with E-state index in [1.54, 1.807) is 0 Å². The van der Waals surface area contributed by atoms with Gasteiger partial charge >= 0.3 is 0 Å². The Morgan fingerprint density at radius 3 is 1.62 bits per heavy atom. The van der Waals surface area contributed by atoms with Crippen molar-refractivity contribution in [3.8, 4) is 0 Å². The molecule has 0 aromatic rings. The molecular weight excluding hydrogens is 472 g/mol. The van der Waals surface area contributed by atoms with E-state index in [0.29, 0.717) is 6.61 Å². The number of allylic oxidation sites excluding steroid dienone is 1. The molecule has 0 fully saturated rings. The van der Waals surface area contributed by atoms with E-state index in [1.807, 2.05) is 0 Å². The highest BCUT2D eigenvalue weighted by atomic mass is 16.5. The van der Waals surface area contributed by atoms with Crippen LogP contribution in [-0.4, -0.2) is 85.0 Å². The molecule has 37 heavy (non-hydrogen) atoms. The predicted molar refractivity (Wildman–Crippen MR) is 151 cm³/mol. The Bertz CT molecular complexity index is 526. The molecule has 0 radical (unpaired) electrons. The second-order valence-electron chi connectivity index (χ2n) is 11.5. The second-order valence-corrected chi connectivity index (χ2v) is 11.5. The van der Waals surface area contributed by atoms with Crippen molar-refractivity contribution in [2.45, 2.75) is 117 Å². The number of ether oxygens (including phenoxy) is 3. The molecule has 0 saturated heterocycles. The van der Waals surface area contributed by atoms with Crippen LogP contribution in [-0.2, 0) is 14.2 Å². The highest BCUT2D eigenvalue weighted by Crippen LogP contribution is 2.22. The maximum Gasteiger partial charge on any atom is 0.101 e. The lowest BCUT2D eigenvalue weighted by molar-refractivity contribution is -0.0672. The summed E-state index contributed by atoms with van der Waals surface area (Å²) in [5, 5.41) is 37.5. The van der Waals surface area contributed by atoms with Crippen molar-refractivity contribution in [1.29, 1.82) is 0 Å². The van der Waals surface area contributed by atoms with Gasteiger partial charge in [0, 0.05) is 0 Å². The Labute approximate surface area is 227 Å². The minimum atomic E-state index is -0.952. The molecule has 0 aliphatic carbocycles.